The number of esters is 1. The number of nitrogens with zero attached hydrogens (tertiary/aromatic N) is 1. The molecule has 4 rings (SSSR count). The van der Waals surface area contributed by atoms with Crippen LogP contribution in [0.1, 0.15) is 43.1 Å². The number of hydrogen-bond acceptors (Lipinski definition) is 7. The van der Waals surface area contributed by atoms with E-state index in [4.69, 9.17) is 14.2 Å². The number of ketones is 1. The Labute approximate surface area is 246 Å². The quantitative estimate of drug-likeness (QED) is 0.143. The van der Waals surface area contributed by atoms with Gasteiger partial charge in [0.25, 0.3) is 0 Å². The molecule has 2 atom stereocenters. The lowest BCUT2D eigenvalue weighted by atomic mass is 9.85. The normalized spacial score (nSPS) is 16.7. The van der Waals surface area contributed by atoms with Gasteiger partial charge in [-0.1, -0.05) is 42.5 Å². The molecule has 1 unspecified atom stereocenters. The summed E-state index contributed by atoms with van der Waals surface area (Å²) < 4.78 is 16.6. The summed E-state index contributed by atoms with van der Waals surface area (Å²) in [6, 6.07) is 24.2. The van der Waals surface area contributed by atoms with Gasteiger partial charge in [0.15, 0.2) is 11.4 Å². The minimum atomic E-state index is -1.10. The summed E-state index contributed by atoms with van der Waals surface area (Å²) in [4.78, 5) is 41.5. The number of Topliss-reactive ketones (excluding diaryl/α,β-unsaturated/α-hetero) is 1. The van der Waals surface area contributed by atoms with Gasteiger partial charge in [-0.3, -0.25) is 4.79 Å². The molecule has 1 aliphatic heterocycles. The van der Waals surface area contributed by atoms with Gasteiger partial charge in [0.05, 0.1) is 6.61 Å². The topological polar surface area (TPSA) is 82.1 Å². The number of hydrogen-bond donors (Lipinski definition) is 0. The fourth-order valence-electron chi connectivity index (χ4n) is 4.95. The number of amides is 1. The molecule has 1 aliphatic rings. The molecule has 0 bridgehead atoms. The number of carbonyl (C=O) groups excluding carboxylic acids is 3. The fraction of sp³-hybridized carbons (Fsp3) is 0.364. The average molecular weight is 576 g/mol. The second-order valence-electron chi connectivity index (χ2n) is 10.6. The molecule has 1 fully saturated rings. The van der Waals surface area contributed by atoms with Crippen molar-refractivity contribution in [3.8, 4) is 11.5 Å². The van der Waals surface area contributed by atoms with Gasteiger partial charge in [-0.05, 0) is 87.7 Å². The van der Waals surface area contributed by atoms with Crippen LogP contribution in [0.3, 0.4) is 0 Å². The van der Waals surface area contributed by atoms with Crippen molar-refractivity contribution >= 4 is 29.6 Å². The van der Waals surface area contributed by atoms with Crippen molar-refractivity contribution in [1.29, 1.82) is 0 Å². The maximum atomic E-state index is 13.6. The molecular formula is C33H37NO6S. The predicted molar refractivity (Wildman–Crippen MR) is 160 cm³/mol. The Morgan fingerprint density at radius 1 is 0.902 bits per heavy atom. The number of aryl methyl sites for hydroxylation is 1. The van der Waals surface area contributed by atoms with Gasteiger partial charge in [0, 0.05) is 29.5 Å². The van der Waals surface area contributed by atoms with E-state index in [0.717, 1.165) is 23.3 Å². The molecule has 0 aromatic heterocycles. The van der Waals surface area contributed by atoms with Gasteiger partial charge in [-0.25, -0.2) is 9.59 Å². The Bertz CT molecular complexity index is 1320. The molecule has 1 amide bonds. The number of carbonyl (C=O) groups is 3. The standard InChI is InChI=1S/C33H37NO6S/c1-5-38-31(36)33(2,3)40-27-17-12-23(13-18-27)11-14-25-21-34(32(37)39-26-9-7-6-8-10-26)22-29(25)30(35)24-15-19-28(41-4)20-16-24/h6-10,12-13,15-20,25,29H,5,11,14,21-22H2,1-4H3/t25-,29?/m0/s1. The Kier molecular flexibility index (Phi) is 10.1. The van der Waals surface area contributed by atoms with Crippen molar-refractivity contribution in [2.24, 2.45) is 11.8 Å². The first-order chi connectivity index (χ1) is 19.7. The molecule has 8 heteroatoms. The SMILES string of the molecule is CCOC(=O)C(C)(C)Oc1ccc(CC[C@H]2CN(C(=O)Oc3ccccc3)CC2C(=O)c2ccc(SC)cc2)cc1. The summed E-state index contributed by atoms with van der Waals surface area (Å²) in [5.41, 5.74) is 0.634. The van der Waals surface area contributed by atoms with Crippen molar-refractivity contribution in [1.82, 2.24) is 4.90 Å². The fourth-order valence-corrected chi connectivity index (χ4v) is 5.36. The van der Waals surface area contributed by atoms with E-state index >= 15 is 0 Å². The maximum absolute atomic E-state index is 13.6. The van der Waals surface area contributed by atoms with Crippen molar-refractivity contribution in [3.63, 3.8) is 0 Å². The van der Waals surface area contributed by atoms with Crippen LogP contribution >= 0.6 is 11.8 Å². The van der Waals surface area contributed by atoms with Crippen LogP contribution in [-0.2, 0) is 16.0 Å². The lowest BCUT2D eigenvalue weighted by Crippen LogP contribution is -2.39. The molecular weight excluding hydrogens is 538 g/mol. The predicted octanol–water partition coefficient (Wildman–Crippen LogP) is 6.69. The molecule has 41 heavy (non-hydrogen) atoms. The van der Waals surface area contributed by atoms with E-state index in [0.29, 0.717) is 36.8 Å². The highest BCUT2D eigenvalue weighted by Crippen LogP contribution is 2.32. The lowest BCUT2D eigenvalue weighted by molar-refractivity contribution is -0.158. The highest BCUT2D eigenvalue weighted by atomic mass is 32.2. The molecule has 0 N–H and O–H groups in total. The molecule has 0 radical (unpaired) electrons. The van der Waals surface area contributed by atoms with Gasteiger partial charge in [0.1, 0.15) is 11.5 Å². The first-order valence-corrected chi connectivity index (χ1v) is 15.1. The van der Waals surface area contributed by atoms with E-state index in [1.165, 1.54) is 0 Å². The molecule has 3 aromatic carbocycles. The zero-order valence-corrected chi connectivity index (χ0v) is 24.8. The third kappa shape index (κ3) is 7.91. The minimum Gasteiger partial charge on any atom is -0.476 e. The number of thioether (sulfide) groups is 1. The largest absolute Gasteiger partial charge is 0.476 e. The number of benzene rings is 3. The number of ether oxygens (including phenoxy) is 3. The summed E-state index contributed by atoms with van der Waals surface area (Å²) >= 11 is 1.63. The summed E-state index contributed by atoms with van der Waals surface area (Å²) in [5.74, 6) is 0.326. The van der Waals surface area contributed by atoms with Gasteiger partial charge < -0.3 is 19.1 Å². The Morgan fingerprint density at radius 3 is 2.22 bits per heavy atom. The molecule has 0 saturated carbocycles. The number of rotatable bonds is 11. The van der Waals surface area contributed by atoms with Gasteiger partial charge in [-0.15, -0.1) is 11.8 Å². The number of likely N-dealkylation sites (tertiary alicyclic amines) is 1. The Morgan fingerprint density at radius 2 is 1.59 bits per heavy atom. The second kappa shape index (κ2) is 13.7. The van der Waals surface area contributed by atoms with E-state index in [2.05, 4.69) is 0 Å². The third-order valence-corrected chi connectivity index (χ3v) is 7.97. The summed E-state index contributed by atoms with van der Waals surface area (Å²) in [6.07, 6.45) is 3.01. The van der Waals surface area contributed by atoms with Crippen molar-refractivity contribution < 1.29 is 28.6 Å². The van der Waals surface area contributed by atoms with Gasteiger partial charge >= 0.3 is 12.1 Å². The van der Waals surface area contributed by atoms with Crippen molar-refractivity contribution in [3.05, 3.63) is 90.0 Å². The smallest absolute Gasteiger partial charge is 0.415 e. The monoisotopic (exact) mass is 575 g/mol. The molecule has 1 saturated heterocycles. The molecule has 0 aliphatic carbocycles. The van der Waals surface area contributed by atoms with Crippen LogP contribution in [0.4, 0.5) is 4.79 Å². The van der Waals surface area contributed by atoms with Gasteiger partial charge in [-0.2, -0.15) is 0 Å². The summed E-state index contributed by atoms with van der Waals surface area (Å²) in [7, 11) is 0. The van der Waals surface area contributed by atoms with Crippen molar-refractivity contribution in [2.75, 3.05) is 26.0 Å². The van der Waals surface area contributed by atoms with Gasteiger partial charge in [0.2, 0.25) is 0 Å². The molecule has 1 heterocycles. The van der Waals surface area contributed by atoms with Crippen LogP contribution in [0.5, 0.6) is 11.5 Å². The van der Waals surface area contributed by atoms with Crippen LogP contribution < -0.4 is 9.47 Å². The maximum Gasteiger partial charge on any atom is 0.415 e. The van der Waals surface area contributed by atoms with Crippen LogP contribution in [0.2, 0.25) is 0 Å². The third-order valence-electron chi connectivity index (χ3n) is 7.23. The van der Waals surface area contributed by atoms with Crippen LogP contribution in [-0.4, -0.2) is 54.3 Å². The van der Waals surface area contributed by atoms with Crippen LogP contribution in [0.15, 0.2) is 83.8 Å². The van der Waals surface area contributed by atoms with E-state index in [9.17, 15) is 14.4 Å². The summed E-state index contributed by atoms with van der Waals surface area (Å²) in [5, 5.41) is 0. The zero-order chi connectivity index (χ0) is 29.4. The highest BCUT2D eigenvalue weighted by molar-refractivity contribution is 7.98. The highest BCUT2D eigenvalue weighted by Gasteiger charge is 2.40. The van der Waals surface area contributed by atoms with E-state index in [1.54, 1.807) is 49.6 Å². The Balaban J connectivity index is 1.44. The Hall–Kier alpha value is -3.78. The van der Waals surface area contributed by atoms with E-state index in [-0.39, 0.29) is 17.6 Å². The van der Waals surface area contributed by atoms with Crippen molar-refractivity contribution in [2.45, 2.75) is 44.1 Å². The molecule has 3 aromatic rings. The van der Waals surface area contributed by atoms with Crippen LogP contribution in [0.25, 0.3) is 0 Å². The molecule has 216 valence electrons. The van der Waals surface area contributed by atoms with E-state index < -0.39 is 17.7 Å². The average Bonchev–Trinajstić information content (AvgIpc) is 3.41. The minimum absolute atomic E-state index is 0.0234. The second-order valence-corrected chi connectivity index (χ2v) is 11.4. The lowest BCUT2D eigenvalue weighted by Gasteiger charge is -2.24. The molecule has 7 nitrogen and oxygen atoms in total. The zero-order valence-electron chi connectivity index (χ0n) is 24.0. The first-order valence-electron chi connectivity index (χ1n) is 13.9. The number of para-hydroxylation sites is 1. The van der Waals surface area contributed by atoms with E-state index in [1.807, 2.05) is 73.0 Å². The first kappa shape index (κ1) is 30.2. The molecule has 0 spiro atoms. The van der Waals surface area contributed by atoms with Crippen LogP contribution in [0, 0.1) is 11.8 Å². The summed E-state index contributed by atoms with van der Waals surface area (Å²) in [6.45, 7) is 6.17.